The van der Waals surface area contributed by atoms with Crippen LogP contribution in [0.25, 0.3) is 11.0 Å². The summed E-state index contributed by atoms with van der Waals surface area (Å²) in [6.07, 6.45) is 0. The molecule has 1 aromatic heterocycles. The molecule has 0 bridgehead atoms. The summed E-state index contributed by atoms with van der Waals surface area (Å²) in [6.45, 7) is 6.95. The number of furan rings is 1. The highest BCUT2D eigenvalue weighted by Crippen LogP contribution is 2.38. The van der Waals surface area contributed by atoms with E-state index < -0.39 is 0 Å². The predicted molar refractivity (Wildman–Crippen MR) is 75.3 cm³/mol. The quantitative estimate of drug-likeness (QED) is 0.891. The van der Waals surface area contributed by atoms with Crippen LogP contribution in [0.5, 0.6) is 0 Å². The zero-order chi connectivity index (χ0) is 13.5. The molecule has 18 heavy (non-hydrogen) atoms. The van der Waals surface area contributed by atoms with Gasteiger partial charge >= 0.3 is 0 Å². The molecule has 2 rings (SSSR count). The van der Waals surface area contributed by atoms with Gasteiger partial charge in [0, 0.05) is 10.9 Å². The first kappa shape index (κ1) is 13.6. The monoisotopic (exact) mass is 313 g/mol. The Balaban J connectivity index is 2.81. The Bertz CT molecular complexity index is 583. The number of nitrogens with one attached hydrogen (secondary N) is 1. The summed E-state index contributed by atoms with van der Waals surface area (Å²) >= 11 is 3.36. The maximum atomic E-state index is 13.6. The van der Waals surface area contributed by atoms with E-state index in [1.807, 2.05) is 7.05 Å². The molecule has 4 heteroatoms. The van der Waals surface area contributed by atoms with E-state index in [1.54, 1.807) is 6.07 Å². The first-order chi connectivity index (χ1) is 8.34. The molecule has 0 fully saturated rings. The first-order valence-electron chi connectivity index (χ1n) is 5.90. The second-order valence-corrected chi connectivity index (χ2v) is 6.30. The Morgan fingerprint density at radius 2 is 2.00 bits per heavy atom. The normalized spacial score (nSPS) is 12.3. The number of benzene rings is 1. The van der Waals surface area contributed by atoms with Crippen molar-refractivity contribution in [2.45, 2.75) is 32.7 Å². The molecule has 2 aromatic rings. The number of halogens is 2. The van der Waals surface area contributed by atoms with Crippen LogP contribution in [0.1, 0.15) is 32.1 Å². The van der Waals surface area contributed by atoms with Crippen LogP contribution in [-0.4, -0.2) is 7.05 Å². The van der Waals surface area contributed by atoms with Crippen LogP contribution in [0, 0.1) is 5.82 Å². The first-order valence-corrected chi connectivity index (χ1v) is 6.69. The Hall–Kier alpha value is -0.870. The number of hydrogen-bond donors (Lipinski definition) is 1. The molecule has 1 aromatic carbocycles. The molecular weight excluding hydrogens is 297 g/mol. The minimum atomic E-state index is -0.253. The lowest BCUT2D eigenvalue weighted by Crippen LogP contribution is -2.16. The summed E-state index contributed by atoms with van der Waals surface area (Å²) in [6, 6.07) is 2.98. The van der Waals surface area contributed by atoms with Crippen LogP contribution in [0.3, 0.4) is 0 Å². The van der Waals surface area contributed by atoms with Crippen molar-refractivity contribution >= 4 is 26.9 Å². The van der Waals surface area contributed by atoms with Crippen LogP contribution in [0.2, 0.25) is 0 Å². The van der Waals surface area contributed by atoms with E-state index in [0.717, 1.165) is 16.7 Å². The third-order valence-corrected chi connectivity index (χ3v) is 3.46. The molecule has 0 aliphatic rings. The van der Waals surface area contributed by atoms with Gasteiger partial charge in [0.1, 0.15) is 17.2 Å². The average molecular weight is 314 g/mol. The van der Waals surface area contributed by atoms with Crippen molar-refractivity contribution in [1.29, 1.82) is 0 Å². The van der Waals surface area contributed by atoms with Crippen LogP contribution in [0.4, 0.5) is 4.39 Å². The van der Waals surface area contributed by atoms with E-state index in [-0.39, 0.29) is 11.2 Å². The fourth-order valence-electron chi connectivity index (χ4n) is 2.28. The van der Waals surface area contributed by atoms with Crippen molar-refractivity contribution in [3.63, 3.8) is 0 Å². The van der Waals surface area contributed by atoms with Gasteiger partial charge < -0.3 is 9.73 Å². The van der Waals surface area contributed by atoms with E-state index in [1.165, 1.54) is 6.07 Å². The molecule has 0 aliphatic heterocycles. The lowest BCUT2D eigenvalue weighted by Gasteiger charge is -2.19. The van der Waals surface area contributed by atoms with E-state index in [2.05, 4.69) is 42.0 Å². The highest BCUT2D eigenvalue weighted by molar-refractivity contribution is 9.10. The van der Waals surface area contributed by atoms with Gasteiger partial charge in [0.2, 0.25) is 0 Å². The second-order valence-electron chi connectivity index (χ2n) is 5.44. The highest BCUT2D eigenvalue weighted by Gasteiger charge is 2.26. The third-order valence-electron chi connectivity index (χ3n) is 2.87. The molecule has 1 N–H and O–H groups in total. The van der Waals surface area contributed by atoms with Gasteiger partial charge in [-0.25, -0.2) is 4.39 Å². The minimum absolute atomic E-state index is 0.0926. The Labute approximate surface area is 115 Å². The fraction of sp³-hybridized carbons (Fsp3) is 0.429. The summed E-state index contributed by atoms with van der Waals surface area (Å²) in [4.78, 5) is 0. The Morgan fingerprint density at radius 3 is 2.56 bits per heavy atom. The number of fused-ring (bicyclic) bond motifs is 1. The van der Waals surface area contributed by atoms with Gasteiger partial charge in [0.25, 0.3) is 0 Å². The Kier molecular flexibility index (Phi) is 3.52. The SMILES string of the molecule is CNCc1oc2c(Br)cc(F)cc2c1C(C)(C)C. The third kappa shape index (κ3) is 2.31. The lowest BCUT2D eigenvalue weighted by molar-refractivity contribution is 0.494. The van der Waals surface area contributed by atoms with Gasteiger partial charge in [0.05, 0.1) is 11.0 Å². The summed E-state index contributed by atoms with van der Waals surface area (Å²) in [5, 5.41) is 3.94. The minimum Gasteiger partial charge on any atom is -0.458 e. The molecular formula is C14H17BrFNO. The number of rotatable bonds is 2. The van der Waals surface area contributed by atoms with Gasteiger partial charge in [-0.05, 0) is 40.5 Å². The van der Waals surface area contributed by atoms with Crippen LogP contribution < -0.4 is 5.32 Å². The van der Waals surface area contributed by atoms with Crippen LogP contribution in [0.15, 0.2) is 21.0 Å². The molecule has 1 heterocycles. The molecule has 2 nitrogen and oxygen atoms in total. The molecule has 0 radical (unpaired) electrons. The maximum absolute atomic E-state index is 13.6. The lowest BCUT2D eigenvalue weighted by atomic mass is 9.84. The van der Waals surface area contributed by atoms with E-state index in [0.29, 0.717) is 16.6 Å². The van der Waals surface area contributed by atoms with Crippen LogP contribution in [-0.2, 0) is 12.0 Å². The average Bonchev–Trinajstić information content (AvgIpc) is 2.56. The molecule has 0 atom stereocenters. The second kappa shape index (κ2) is 4.67. The topological polar surface area (TPSA) is 25.2 Å². The van der Waals surface area contributed by atoms with Gasteiger partial charge in [-0.2, -0.15) is 0 Å². The number of hydrogen-bond acceptors (Lipinski definition) is 2. The largest absolute Gasteiger partial charge is 0.458 e. The zero-order valence-corrected chi connectivity index (χ0v) is 12.6. The predicted octanol–water partition coefficient (Wildman–Crippen LogP) is 4.35. The molecule has 0 saturated carbocycles. The van der Waals surface area contributed by atoms with Gasteiger partial charge in [-0.3, -0.25) is 0 Å². The van der Waals surface area contributed by atoms with Gasteiger partial charge in [0.15, 0.2) is 0 Å². The zero-order valence-electron chi connectivity index (χ0n) is 11.0. The summed E-state index contributed by atoms with van der Waals surface area (Å²) in [5.74, 6) is 0.614. The summed E-state index contributed by atoms with van der Waals surface area (Å²) in [7, 11) is 1.87. The van der Waals surface area contributed by atoms with Crippen molar-refractivity contribution in [1.82, 2.24) is 5.32 Å². The van der Waals surface area contributed by atoms with Crippen LogP contribution >= 0.6 is 15.9 Å². The van der Waals surface area contributed by atoms with Crippen molar-refractivity contribution in [2.24, 2.45) is 0 Å². The fourth-order valence-corrected chi connectivity index (χ4v) is 2.79. The molecule has 0 spiro atoms. The standard InChI is InChI=1S/C14H17BrFNO/c1-14(2,3)12-9-5-8(16)6-10(15)13(9)18-11(12)7-17-4/h5-6,17H,7H2,1-4H3. The molecule has 98 valence electrons. The summed E-state index contributed by atoms with van der Waals surface area (Å²) < 4.78 is 20.1. The van der Waals surface area contributed by atoms with E-state index in [4.69, 9.17) is 4.42 Å². The highest BCUT2D eigenvalue weighted by atomic mass is 79.9. The molecule has 0 amide bonds. The Morgan fingerprint density at radius 1 is 1.33 bits per heavy atom. The van der Waals surface area contributed by atoms with Gasteiger partial charge in [-0.15, -0.1) is 0 Å². The van der Waals surface area contributed by atoms with Crippen molar-refractivity contribution in [2.75, 3.05) is 7.05 Å². The van der Waals surface area contributed by atoms with E-state index >= 15 is 0 Å². The van der Waals surface area contributed by atoms with Crippen molar-refractivity contribution in [3.05, 3.63) is 33.7 Å². The van der Waals surface area contributed by atoms with Crippen molar-refractivity contribution in [3.8, 4) is 0 Å². The molecule has 0 aliphatic carbocycles. The smallest absolute Gasteiger partial charge is 0.149 e. The van der Waals surface area contributed by atoms with Gasteiger partial charge in [-0.1, -0.05) is 20.8 Å². The molecule has 0 saturated heterocycles. The van der Waals surface area contributed by atoms with E-state index in [9.17, 15) is 4.39 Å². The molecule has 0 unspecified atom stereocenters. The summed E-state index contributed by atoms with van der Waals surface area (Å²) in [5.41, 5.74) is 1.68. The van der Waals surface area contributed by atoms with Crippen molar-refractivity contribution < 1.29 is 8.81 Å². The maximum Gasteiger partial charge on any atom is 0.149 e.